The molecule has 0 spiro atoms. The maximum Gasteiger partial charge on any atom is 0.186 e. The fourth-order valence-corrected chi connectivity index (χ4v) is 2.29. The van der Waals surface area contributed by atoms with Crippen LogP contribution < -0.4 is 10.7 Å². The van der Waals surface area contributed by atoms with E-state index in [4.69, 9.17) is 12.2 Å². The topological polar surface area (TPSA) is 41.4 Å². The average Bonchev–Trinajstić information content (AvgIpc) is 2.54. The van der Waals surface area contributed by atoms with Crippen LogP contribution in [0.4, 0.5) is 0 Å². The highest BCUT2D eigenvalue weighted by Crippen LogP contribution is 2.18. The number of aryl methyl sites for hydroxylation is 1. The van der Waals surface area contributed by atoms with Crippen LogP contribution in [-0.2, 0) is 0 Å². The lowest BCUT2D eigenvalue weighted by molar-refractivity contribution is 0.574. The fourth-order valence-electron chi connectivity index (χ4n) is 2.09. The second-order valence-electron chi connectivity index (χ2n) is 4.52. The van der Waals surface area contributed by atoms with E-state index in [2.05, 4.69) is 54.2 Å². The summed E-state index contributed by atoms with van der Waals surface area (Å²) in [5, 5.41) is 7.67. The molecule has 1 heterocycles. The number of aromatic nitrogens is 1. The van der Waals surface area contributed by atoms with Gasteiger partial charge in [0.05, 0.1) is 6.21 Å². The van der Waals surface area contributed by atoms with Gasteiger partial charge in [0.25, 0.3) is 0 Å². The van der Waals surface area contributed by atoms with Crippen molar-refractivity contribution in [2.24, 2.45) is 5.10 Å². The molecule has 1 aromatic heterocycles. The van der Waals surface area contributed by atoms with Gasteiger partial charge in [0, 0.05) is 29.5 Å². The van der Waals surface area contributed by atoms with Crippen molar-refractivity contribution >= 4 is 23.5 Å². The predicted octanol–water partition coefficient (Wildman–Crippen LogP) is 2.50. The minimum absolute atomic E-state index is 0.461. The van der Waals surface area contributed by atoms with Crippen LogP contribution in [0.25, 0.3) is 0 Å². The summed E-state index contributed by atoms with van der Waals surface area (Å²) in [6.07, 6.45) is 1.81. The van der Waals surface area contributed by atoms with Crippen LogP contribution in [0.2, 0.25) is 0 Å². The maximum absolute atomic E-state index is 5.03. The molecule has 1 rings (SSSR count). The van der Waals surface area contributed by atoms with Gasteiger partial charge in [-0.3, -0.25) is 5.43 Å². The van der Waals surface area contributed by atoms with Crippen molar-refractivity contribution in [3.8, 4) is 0 Å². The molecule has 4 nitrogen and oxygen atoms in total. The van der Waals surface area contributed by atoms with E-state index in [1.807, 2.05) is 13.1 Å². The second kappa shape index (κ2) is 6.54. The molecule has 0 aromatic carbocycles. The Morgan fingerprint density at radius 2 is 2.17 bits per heavy atom. The Hall–Kier alpha value is -1.36. The maximum atomic E-state index is 5.03. The standard InChI is InChI=1S/C13H22N4S/c1-6-14-13(18)16-15-8-12-7-10(4)17(9(2)3)11(12)5/h7-9H,6H2,1-5H3,(H2,14,16,18). The molecule has 0 unspecified atom stereocenters. The summed E-state index contributed by atoms with van der Waals surface area (Å²) in [6, 6.07) is 2.60. The Bertz CT molecular complexity index is 446. The first-order chi connectivity index (χ1) is 8.47. The zero-order valence-corrected chi connectivity index (χ0v) is 12.6. The van der Waals surface area contributed by atoms with Gasteiger partial charge in [-0.25, -0.2) is 0 Å². The molecule has 0 aliphatic rings. The van der Waals surface area contributed by atoms with Crippen LogP contribution in [-0.4, -0.2) is 22.4 Å². The van der Waals surface area contributed by atoms with Crippen molar-refractivity contribution in [2.75, 3.05) is 6.54 Å². The quantitative estimate of drug-likeness (QED) is 0.500. The molecule has 0 fully saturated rings. The molecular formula is C13H22N4S. The van der Waals surface area contributed by atoms with E-state index >= 15 is 0 Å². The molecule has 0 amide bonds. The van der Waals surface area contributed by atoms with Crippen molar-refractivity contribution in [3.05, 3.63) is 23.0 Å². The Balaban J connectivity index is 2.77. The Kier molecular flexibility index (Phi) is 5.34. The summed E-state index contributed by atoms with van der Waals surface area (Å²) in [6.45, 7) is 11.4. The molecule has 0 radical (unpaired) electrons. The SMILES string of the molecule is CCNC(=S)NN=Cc1cc(C)n(C(C)C)c1C. The summed E-state index contributed by atoms with van der Waals surface area (Å²) >= 11 is 5.03. The summed E-state index contributed by atoms with van der Waals surface area (Å²) < 4.78 is 2.30. The average molecular weight is 266 g/mol. The van der Waals surface area contributed by atoms with E-state index in [1.54, 1.807) is 0 Å². The van der Waals surface area contributed by atoms with E-state index in [-0.39, 0.29) is 0 Å². The first-order valence-electron chi connectivity index (χ1n) is 6.22. The summed E-state index contributed by atoms with van der Waals surface area (Å²) in [5.41, 5.74) is 6.39. The van der Waals surface area contributed by atoms with Crippen LogP contribution in [0.1, 0.15) is 43.8 Å². The van der Waals surface area contributed by atoms with Crippen LogP contribution in [0.5, 0.6) is 0 Å². The summed E-state index contributed by atoms with van der Waals surface area (Å²) in [7, 11) is 0. The first kappa shape index (κ1) is 14.7. The number of hydrogen-bond acceptors (Lipinski definition) is 2. The van der Waals surface area contributed by atoms with E-state index in [9.17, 15) is 0 Å². The van der Waals surface area contributed by atoms with Crippen LogP contribution in [0.15, 0.2) is 11.2 Å². The van der Waals surface area contributed by atoms with Crippen molar-refractivity contribution in [1.82, 2.24) is 15.3 Å². The Labute approximate surface area is 114 Å². The van der Waals surface area contributed by atoms with Gasteiger partial charge in [-0.2, -0.15) is 5.10 Å². The van der Waals surface area contributed by atoms with Gasteiger partial charge in [0.2, 0.25) is 0 Å². The van der Waals surface area contributed by atoms with Crippen molar-refractivity contribution in [1.29, 1.82) is 0 Å². The number of thiocarbonyl (C=S) groups is 1. The highest BCUT2D eigenvalue weighted by Gasteiger charge is 2.09. The van der Waals surface area contributed by atoms with Gasteiger partial charge in [-0.1, -0.05) is 0 Å². The largest absolute Gasteiger partial charge is 0.362 e. The molecule has 0 atom stereocenters. The molecule has 0 saturated carbocycles. The van der Waals surface area contributed by atoms with Crippen molar-refractivity contribution in [3.63, 3.8) is 0 Å². The zero-order valence-electron chi connectivity index (χ0n) is 11.7. The molecule has 18 heavy (non-hydrogen) atoms. The third kappa shape index (κ3) is 3.57. The number of hydrazone groups is 1. The van der Waals surface area contributed by atoms with Gasteiger partial charge in [-0.15, -0.1) is 0 Å². The molecule has 1 aromatic rings. The summed E-state index contributed by atoms with van der Waals surface area (Å²) in [5.74, 6) is 0. The monoisotopic (exact) mass is 266 g/mol. The van der Waals surface area contributed by atoms with Gasteiger partial charge >= 0.3 is 0 Å². The van der Waals surface area contributed by atoms with E-state index in [0.29, 0.717) is 11.2 Å². The molecule has 0 aliphatic carbocycles. The molecule has 5 heteroatoms. The highest BCUT2D eigenvalue weighted by molar-refractivity contribution is 7.80. The number of nitrogens with one attached hydrogen (secondary N) is 2. The molecular weight excluding hydrogens is 244 g/mol. The minimum Gasteiger partial charge on any atom is -0.362 e. The van der Waals surface area contributed by atoms with E-state index < -0.39 is 0 Å². The minimum atomic E-state index is 0.461. The normalized spacial score (nSPS) is 11.2. The third-order valence-electron chi connectivity index (χ3n) is 2.75. The third-order valence-corrected chi connectivity index (χ3v) is 2.98. The van der Waals surface area contributed by atoms with Crippen LogP contribution in [0.3, 0.4) is 0 Å². The zero-order chi connectivity index (χ0) is 13.7. The van der Waals surface area contributed by atoms with Gasteiger partial charge < -0.3 is 9.88 Å². The van der Waals surface area contributed by atoms with E-state index in [1.165, 1.54) is 11.4 Å². The second-order valence-corrected chi connectivity index (χ2v) is 4.93. The van der Waals surface area contributed by atoms with Crippen LogP contribution in [0, 0.1) is 13.8 Å². The fraction of sp³-hybridized carbons (Fsp3) is 0.538. The summed E-state index contributed by atoms with van der Waals surface area (Å²) in [4.78, 5) is 0. The Morgan fingerprint density at radius 1 is 1.50 bits per heavy atom. The molecule has 0 saturated heterocycles. The lowest BCUT2D eigenvalue weighted by Gasteiger charge is -2.13. The molecule has 0 aliphatic heterocycles. The highest BCUT2D eigenvalue weighted by atomic mass is 32.1. The number of hydrogen-bond donors (Lipinski definition) is 2. The molecule has 100 valence electrons. The molecule has 2 N–H and O–H groups in total. The van der Waals surface area contributed by atoms with E-state index in [0.717, 1.165) is 12.1 Å². The van der Waals surface area contributed by atoms with Gasteiger partial charge in [0.1, 0.15) is 0 Å². The number of rotatable bonds is 4. The predicted molar refractivity (Wildman–Crippen MR) is 81.3 cm³/mol. The lowest BCUT2D eigenvalue weighted by Crippen LogP contribution is -2.31. The van der Waals surface area contributed by atoms with Crippen molar-refractivity contribution < 1.29 is 0 Å². The van der Waals surface area contributed by atoms with Crippen LogP contribution >= 0.6 is 12.2 Å². The van der Waals surface area contributed by atoms with Gasteiger partial charge in [-0.05, 0) is 52.9 Å². The number of nitrogens with zero attached hydrogens (tertiary/aromatic N) is 2. The smallest absolute Gasteiger partial charge is 0.186 e. The first-order valence-corrected chi connectivity index (χ1v) is 6.63. The molecule has 0 bridgehead atoms. The van der Waals surface area contributed by atoms with Gasteiger partial charge in [0.15, 0.2) is 5.11 Å². The van der Waals surface area contributed by atoms with Crippen molar-refractivity contribution in [2.45, 2.75) is 40.7 Å². The Morgan fingerprint density at radius 3 is 2.67 bits per heavy atom. The lowest BCUT2D eigenvalue weighted by atomic mass is 10.2.